The molecular formula is C24H20ClN3O4. The Balaban J connectivity index is 1.70. The molecule has 32 heavy (non-hydrogen) atoms. The topological polar surface area (TPSA) is 92.9 Å². The molecule has 0 aliphatic carbocycles. The van der Waals surface area contributed by atoms with Gasteiger partial charge in [-0.15, -0.1) is 0 Å². The third-order valence-electron chi connectivity index (χ3n) is 4.43. The van der Waals surface area contributed by atoms with E-state index in [-0.39, 0.29) is 0 Å². The molecule has 3 rings (SSSR count). The zero-order valence-electron chi connectivity index (χ0n) is 17.5. The highest BCUT2D eigenvalue weighted by Crippen LogP contribution is 2.24. The number of rotatable bonds is 8. The van der Waals surface area contributed by atoms with E-state index in [0.29, 0.717) is 45.6 Å². The summed E-state index contributed by atoms with van der Waals surface area (Å²) in [6.45, 7) is 0.296. The van der Waals surface area contributed by atoms with Crippen LogP contribution in [0.4, 0.5) is 0 Å². The van der Waals surface area contributed by atoms with E-state index in [0.717, 1.165) is 5.56 Å². The molecule has 3 aromatic rings. The van der Waals surface area contributed by atoms with Crippen molar-refractivity contribution in [2.24, 2.45) is 5.10 Å². The van der Waals surface area contributed by atoms with E-state index in [9.17, 15) is 4.79 Å². The third kappa shape index (κ3) is 6.00. The van der Waals surface area contributed by atoms with Gasteiger partial charge < -0.3 is 14.2 Å². The van der Waals surface area contributed by atoms with Crippen LogP contribution in [0.15, 0.2) is 65.8 Å². The van der Waals surface area contributed by atoms with E-state index >= 15 is 0 Å². The number of ether oxygens (including phenoxy) is 3. The number of amides is 1. The molecule has 1 amide bonds. The van der Waals surface area contributed by atoms with Gasteiger partial charge in [0.2, 0.25) is 0 Å². The molecule has 0 aliphatic heterocycles. The first kappa shape index (κ1) is 22.7. The van der Waals surface area contributed by atoms with Crippen molar-refractivity contribution in [1.29, 1.82) is 5.26 Å². The summed E-state index contributed by atoms with van der Waals surface area (Å²) in [7, 11) is 3.01. The maximum Gasteiger partial charge on any atom is 0.271 e. The zero-order valence-corrected chi connectivity index (χ0v) is 18.2. The minimum absolute atomic E-state index is 0.296. The Morgan fingerprint density at radius 2 is 1.75 bits per heavy atom. The molecule has 0 bridgehead atoms. The Labute approximate surface area is 190 Å². The molecule has 0 saturated heterocycles. The molecule has 0 aliphatic rings. The molecular weight excluding hydrogens is 430 g/mol. The van der Waals surface area contributed by atoms with E-state index in [4.69, 9.17) is 31.1 Å². The van der Waals surface area contributed by atoms with Gasteiger partial charge >= 0.3 is 0 Å². The molecule has 8 heteroatoms. The van der Waals surface area contributed by atoms with Crippen molar-refractivity contribution in [3.05, 3.63) is 87.9 Å². The number of nitrogens with zero attached hydrogens (tertiary/aromatic N) is 2. The maximum atomic E-state index is 12.5. The molecule has 0 radical (unpaired) electrons. The number of halogens is 1. The van der Waals surface area contributed by atoms with Gasteiger partial charge in [0.1, 0.15) is 23.9 Å². The van der Waals surface area contributed by atoms with Gasteiger partial charge in [-0.1, -0.05) is 23.7 Å². The third-order valence-corrected chi connectivity index (χ3v) is 4.67. The fourth-order valence-electron chi connectivity index (χ4n) is 2.75. The van der Waals surface area contributed by atoms with Gasteiger partial charge in [-0.25, -0.2) is 5.43 Å². The highest BCUT2D eigenvalue weighted by molar-refractivity contribution is 6.30. The van der Waals surface area contributed by atoms with Crippen LogP contribution in [0.1, 0.15) is 27.0 Å². The van der Waals surface area contributed by atoms with Gasteiger partial charge in [-0.3, -0.25) is 4.79 Å². The Morgan fingerprint density at radius 3 is 2.38 bits per heavy atom. The van der Waals surface area contributed by atoms with Crippen molar-refractivity contribution in [2.45, 2.75) is 6.61 Å². The molecule has 7 nitrogen and oxygen atoms in total. The van der Waals surface area contributed by atoms with Gasteiger partial charge in [0, 0.05) is 22.2 Å². The monoisotopic (exact) mass is 449 g/mol. The van der Waals surface area contributed by atoms with Gasteiger partial charge in [-0.2, -0.15) is 10.4 Å². The van der Waals surface area contributed by atoms with Crippen molar-refractivity contribution in [3.8, 4) is 23.3 Å². The van der Waals surface area contributed by atoms with E-state index in [1.54, 1.807) is 48.5 Å². The molecule has 0 saturated carbocycles. The second-order valence-electron chi connectivity index (χ2n) is 6.58. The number of benzene rings is 3. The van der Waals surface area contributed by atoms with E-state index in [1.165, 1.54) is 20.4 Å². The smallest absolute Gasteiger partial charge is 0.271 e. The summed E-state index contributed by atoms with van der Waals surface area (Å²) in [6.07, 6.45) is 1.45. The second-order valence-corrected chi connectivity index (χ2v) is 7.02. The predicted octanol–water partition coefficient (Wildman–Crippen LogP) is 4.57. The summed E-state index contributed by atoms with van der Waals surface area (Å²) in [5, 5.41) is 13.4. The fourth-order valence-corrected chi connectivity index (χ4v) is 2.93. The Kier molecular flexibility index (Phi) is 7.68. The molecule has 0 aromatic heterocycles. The van der Waals surface area contributed by atoms with Gasteiger partial charge in [-0.05, 0) is 48.0 Å². The van der Waals surface area contributed by atoms with Gasteiger partial charge in [0.15, 0.2) is 0 Å². The molecule has 0 heterocycles. The van der Waals surface area contributed by atoms with Crippen LogP contribution in [0.25, 0.3) is 0 Å². The highest BCUT2D eigenvalue weighted by Gasteiger charge is 2.10. The molecule has 0 fully saturated rings. The number of nitrogens with one attached hydrogen (secondary N) is 1. The molecule has 162 valence electrons. The lowest BCUT2D eigenvalue weighted by atomic mass is 10.1. The number of hydrazone groups is 1. The number of hydrogen-bond donors (Lipinski definition) is 1. The fraction of sp³-hybridized carbons (Fsp3) is 0.125. The molecule has 1 N–H and O–H groups in total. The average molecular weight is 450 g/mol. The first-order valence-electron chi connectivity index (χ1n) is 9.50. The SMILES string of the molecule is COc1cc(OC)cc(C(=O)N/N=C\c2cc(Cl)ccc2OCc2ccc(C#N)cc2)c1. The maximum absolute atomic E-state index is 12.5. The van der Waals surface area contributed by atoms with Crippen molar-refractivity contribution < 1.29 is 19.0 Å². The first-order valence-corrected chi connectivity index (χ1v) is 9.88. The molecule has 3 aromatic carbocycles. The lowest BCUT2D eigenvalue weighted by molar-refractivity contribution is 0.0954. The molecule has 0 unspecified atom stereocenters. The van der Waals surface area contributed by atoms with E-state index < -0.39 is 5.91 Å². The van der Waals surface area contributed by atoms with Crippen LogP contribution in [0, 0.1) is 11.3 Å². The standard InChI is InChI=1S/C24H20ClN3O4/c1-30-21-10-18(11-22(12-21)31-2)24(29)28-27-14-19-9-20(25)7-8-23(19)32-15-17-5-3-16(13-26)4-6-17/h3-12,14H,15H2,1-2H3,(H,28,29)/b27-14-. The number of methoxy groups -OCH3 is 2. The Morgan fingerprint density at radius 1 is 1.06 bits per heavy atom. The second kappa shape index (κ2) is 10.8. The van der Waals surface area contributed by atoms with Crippen molar-refractivity contribution in [1.82, 2.24) is 5.43 Å². The van der Waals surface area contributed by atoms with Crippen LogP contribution in [0.2, 0.25) is 5.02 Å². The quantitative estimate of drug-likeness (QED) is 0.401. The van der Waals surface area contributed by atoms with Gasteiger partial charge in [0.25, 0.3) is 5.91 Å². The highest BCUT2D eigenvalue weighted by atomic mass is 35.5. The van der Waals surface area contributed by atoms with Crippen molar-refractivity contribution in [3.63, 3.8) is 0 Å². The van der Waals surface area contributed by atoms with E-state index in [2.05, 4.69) is 16.6 Å². The van der Waals surface area contributed by atoms with Crippen molar-refractivity contribution in [2.75, 3.05) is 14.2 Å². The number of hydrogen-bond acceptors (Lipinski definition) is 6. The molecule has 0 atom stereocenters. The number of nitriles is 1. The zero-order chi connectivity index (χ0) is 22.9. The summed E-state index contributed by atoms with van der Waals surface area (Å²) in [6, 6.07) is 19.1. The molecule has 0 spiro atoms. The summed E-state index contributed by atoms with van der Waals surface area (Å²) in [5.74, 6) is 1.10. The first-order chi connectivity index (χ1) is 15.5. The summed E-state index contributed by atoms with van der Waals surface area (Å²) in [4.78, 5) is 12.5. The minimum Gasteiger partial charge on any atom is -0.497 e. The Hall–Kier alpha value is -4.02. The lowest BCUT2D eigenvalue weighted by Crippen LogP contribution is -2.17. The van der Waals surface area contributed by atoms with Crippen LogP contribution in [-0.2, 0) is 6.61 Å². The van der Waals surface area contributed by atoms with Crippen molar-refractivity contribution >= 4 is 23.7 Å². The number of carbonyl (C=O) groups is 1. The summed E-state index contributed by atoms with van der Waals surface area (Å²) >= 11 is 6.11. The van der Waals surface area contributed by atoms with Crippen LogP contribution in [0.3, 0.4) is 0 Å². The van der Waals surface area contributed by atoms with E-state index in [1.807, 2.05) is 12.1 Å². The predicted molar refractivity (Wildman–Crippen MR) is 122 cm³/mol. The van der Waals surface area contributed by atoms with Crippen LogP contribution in [0.5, 0.6) is 17.2 Å². The lowest BCUT2D eigenvalue weighted by Gasteiger charge is -2.10. The minimum atomic E-state index is -0.430. The van der Waals surface area contributed by atoms with Gasteiger partial charge in [0.05, 0.1) is 32.1 Å². The van der Waals surface area contributed by atoms with Crippen LogP contribution >= 0.6 is 11.6 Å². The average Bonchev–Trinajstić information content (AvgIpc) is 2.83. The number of carbonyl (C=O) groups excluding carboxylic acids is 1. The largest absolute Gasteiger partial charge is 0.497 e. The summed E-state index contributed by atoms with van der Waals surface area (Å²) < 4.78 is 16.2. The summed E-state index contributed by atoms with van der Waals surface area (Å²) in [5.41, 5.74) is 4.89. The van der Waals surface area contributed by atoms with Crippen LogP contribution in [-0.4, -0.2) is 26.3 Å². The van der Waals surface area contributed by atoms with Crippen LogP contribution < -0.4 is 19.6 Å². The Bertz CT molecular complexity index is 1150. The normalized spacial score (nSPS) is 10.4.